The van der Waals surface area contributed by atoms with E-state index in [4.69, 9.17) is 4.74 Å². The molecule has 0 aromatic rings. The van der Waals surface area contributed by atoms with Crippen molar-refractivity contribution in [3.05, 3.63) is 0 Å². The van der Waals surface area contributed by atoms with Gasteiger partial charge in [0.2, 0.25) is 0 Å². The number of rotatable bonds is 7. The molecule has 2 heteroatoms. The molecule has 31 heavy (non-hydrogen) atoms. The van der Waals surface area contributed by atoms with E-state index in [1.54, 1.807) is 0 Å². The van der Waals surface area contributed by atoms with Crippen LogP contribution in [0.4, 0.5) is 0 Å². The lowest BCUT2D eigenvalue weighted by Gasteiger charge is -2.62. The quantitative estimate of drug-likeness (QED) is 0.448. The lowest BCUT2D eigenvalue weighted by Crippen LogP contribution is -2.55. The van der Waals surface area contributed by atoms with Crippen LogP contribution < -0.4 is 0 Å². The maximum absolute atomic E-state index is 10.2. The molecule has 0 aromatic heterocycles. The summed E-state index contributed by atoms with van der Waals surface area (Å²) >= 11 is 0. The summed E-state index contributed by atoms with van der Waals surface area (Å²) in [6, 6.07) is 0. The zero-order valence-corrected chi connectivity index (χ0v) is 21.6. The molecular weight excluding hydrogens is 380 g/mol. The number of methoxy groups -OCH3 is 1. The van der Waals surface area contributed by atoms with Crippen molar-refractivity contribution < 1.29 is 9.84 Å². The first-order chi connectivity index (χ1) is 14.6. The second-order valence-corrected chi connectivity index (χ2v) is 13.7. The monoisotopic (exact) mass is 432 g/mol. The van der Waals surface area contributed by atoms with E-state index in [9.17, 15) is 5.11 Å². The molecule has 0 amide bonds. The second-order valence-electron chi connectivity index (χ2n) is 13.7. The number of aliphatic hydroxyl groups is 1. The van der Waals surface area contributed by atoms with Crippen LogP contribution in [0.5, 0.6) is 0 Å². The zero-order chi connectivity index (χ0) is 22.5. The summed E-state index contributed by atoms with van der Waals surface area (Å²) in [5.41, 5.74) is 1.10. The first-order valence-corrected chi connectivity index (χ1v) is 13.8. The van der Waals surface area contributed by atoms with Crippen LogP contribution in [0.15, 0.2) is 0 Å². The summed E-state index contributed by atoms with van der Waals surface area (Å²) in [6.07, 6.45) is 17.9. The Kier molecular flexibility index (Phi) is 6.68. The van der Waals surface area contributed by atoms with Gasteiger partial charge in [0.15, 0.2) is 0 Å². The normalized spacial score (nSPS) is 47.5. The summed E-state index contributed by atoms with van der Waals surface area (Å²) in [5, 5.41) is 10.2. The smallest absolute Gasteiger partial charge is 0.0591 e. The van der Waals surface area contributed by atoms with E-state index < -0.39 is 5.60 Å². The number of hydrogen-bond acceptors (Lipinski definition) is 2. The Morgan fingerprint density at radius 3 is 2.35 bits per heavy atom. The van der Waals surface area contributed by atoms with Gasteiger partial charge in [-0.1, -0.05) is 27.2 Å². The van der Waals surface area contributed by atoms with Gasteiger partial charge in [-0.25, -0.2) is 0 Å². The standard InChI is InChI=1S/C29H52O2/c1-7-29(20-31-6)18-17-28(5)22(19-29)10-12-23-24-13-11-21(9-8-15-26(2,3)30)27(24,4)16-14-25(23)28/h21-25,30H,7-20H2,1-6H3. The van der Waals surface area contributed by atoms with Crippen molar-refractivity contribution >= 4 is 0 Å². The zero-order valence-electron chi connectivity index (χ0n) is 21.6. The predicted molar refractivity (Wildman–Crippen MR) is 130 cm³/mol. The fourth-order valence-electron chi connectivity index (χ4n) is 9.64. The van der Waals surface area contributed by atoms with Gasteiger partial charge >= 0.3 is 0 Å². The van der Waals surface area contributed by atoms with Crippen LogP contribution in [-0.2, 0) is 4.74 Å². The Morgan fingerprint density at radius 2 is 1.68 bits per heavy atom. The summed E-state index contributed by atoms with van der Waals surface area (Å²) < 4.78 is 5.71. The van der Waals surface area contributed by atoms with Crippen molar-refractivity contribution in [2.75, 3.05) is 13.7 Å². The molecule has 4 rings (SSSR count). The van der Waals surface area contributed by atoms with Crippen LogP contribution in [0, 0.1) is 45.8 Å². The van der Waals surface area contributed by atoms with Crippen LogP contribution in [0.1, 0.15) is 118 Å². The minimum Gasteiger partial charge on any atom is -0.390 e. The van der Waals surface area contributed by atoms with E-state index in [2.05, 4.69) is 20.8 Å². The summed E-state index contributed by atoms with van der Waals surface area (Å²) in [4.78, 5) is 0. The van der Waals surface area contributed by atoms with Gasteiger partial charge in [-0.2, -0.15) is 0 Å². The molecule has 4 aliphatic rings. The molecule has 0 aliphatic heterocycles. The summed E-state index contributed by atoms with van der Waals surface area (Å²) in [7, 11) is 1.90. The molecule has 4 saturated carbocycles. The molecule has 0 aromatic carbocycles. The van der Waals surface area contributed by atoms with E-state index in [0.717, 1.165) is 42.6 Å². The van der Waals surface area contributed by atoms with Gasteiger partial charge in [-0.05, 0) is 137 Å². The number of hydrogen-bond donors (Lipinski definition) is 1. The Hall–Kier alpha value is -0.0800. The Morgan fingerprint density at radius 1 is 0.935 bits per heavy atom. The fourth-order valence-corrected chi connectivity index (χ4v) is 9.64. The second kappa shape index (κ2) is 8.61. The lowest BCUT2D eigenvalue weighted by molar-refractivity contribution is -0.139. The largest absolute Gasteiger partial charge is 0.390 e. The van der Waals surface area contributed by atoms with Crippen LogP contribution in [0.25, 0.3) is 0 Å². The van der Waals surface area contributed by atoms with Crippen LogP contribution >= 0.6 is 0 Å². The predicted octanol–water partition coefficient (Wildman–Crippen LogP) is 7.63. The Balaban J connectivity index is 1.45. The highest BCUT2D eigenvalue weighted by Gasteiger charge is 2.60. The lowest BCUT2D eigenvalue weighted by atomic mass is 9.43. The molecule has 0 saturated heterocycles. The molecule has 2 nitrogen and oxygen atoms in total. The molecular formula is C29H52O2. The first kappa shape index (κ1) is 24.1. The van der Waals surface area contributed by atoms with E-state index in [-0.39, 0.29) is 0 Å². The third kappa shape index (κ3) is 4.27. The van der Waals surface area contributed by atoms with Crippen molar-refractivity contribution in [3.8, 4) is 0 Å². The highest BCUT2D eigenvalue weighted by Crippen LogP contribution is 2.69. The molecule has 8 unspecified atom stereocenters. The average molecular weight is 433 g/mol. The maximum Gasteiger partial charge on any atom is 0.0591 e. The highest BCUT2D eigenvalue weighted by atomic mass is 16.5. The molecule has 0 spiro atoms. The minimum absolute atomic E-state index is 0.452. The molecule has 0 heterocycles. The van der Waals surface area contributed by atoms with Crippen molar-refractivity contribution in [3.63, 3.8) is 0 Å². The van der Waals surface area contributed by atoms with E-state index in [1.807, 2.05) is 21.0 Å². The van der Waals surface area contributed by atoms with Crippen LogP contribution in [0.3, 0.4) is 0 Å². The number of ether oxygens (including phenoxy) is 1. The topological polar surface area (TPSA) is 29.5 Å². The van der Waals surface area contributed by atoms with Crippen LogP contribution in [0.2, 0.25) is 0 Å². The summed E-state index contributed by atoms with van der Waals surface area (Å²) in [6.45, 7) is 12.7. The van der Waals surface area contributed by atoms with Gasteiger partial charge in [-0.15, -0.1) is 0 Å². The van der Waals surface area contributed by atoms with Crippen molar-refractivity contribution in [2.45, 2.75) is 124 Å². The Bertz CT molecular complexity index is 623. The summed E-state index contributed by atoms with van der Waals surface area (Å²) in [5.74, 6) is 4.73. The van der Waals surface area contributed by atoms with Gasteiger partial charge in [0.05, 0.1) is 12.2 Å². The van der Waals surface area contributed by atoms with Crippen molar-refractivity contribution in [1.29, 1.82) is 0 Å². The minimum atomic E-state index is -0.499. The average Bonchev–Trinajstić information content (AvgIpc) is 3.04. The number of fused-ring (bicyclic) bond motifs is 5. The van der Waals surface area contributed by atoms with Crippen molar-refractivity contribution in [2.24, 2.45) is 45.8 Å². The molecule has 4 fully saturated rings. The SMILES string of the molecule is CCC1(COC)CCC2(C)C(CCC3C4CCC(CCCC(C)(C)O)C4(C)CCC32)C1. The van der Waals surface area contributed by atoms with E-state index in [0.29, 0.717) is 16.2 Å². The van der Waals surface area contributed by atoms with E-state index in [1.165, 1.54) is 77.0 Å². The molecule has 4 aliphatic carbocycles. The van der Waals surface area contributed by atoms with Gasteiger partial charge in [0, 0.05) is 7.11 Å². The van der Waals surface area contributed by atoms with Crippen molar-refractivity contribution in [1.82, 2.24) is 0 Å². The molecule has 180 valence electrons. The van der Waals surface area contributed by atoms with Gasteiger partial charge in [-0.3, -0.25) is 0 Å². The Labute approximate surface area is 193 Å². The molecule has 0 bridgehead atoms. The van der Waals surface area contributed by atoms with Gasteiger partial charge in [0.1, 0.15) is 0 Å². The molecule has 1 N–H and O–H groups in total. The first-order valence-electron chi connectivity index (χ1n) is 13.8. The van der Waals surface area contributed by atoms with E-state index >= 15 is 0 Å². The third-order valence-corrected chi connectivity index (χ3v) is 11.7. The maximum atomic E-state index is 10.2. The third-order valence-electron chi connectivity index (χ3n) is 11.7. The van der Waals surface area contributed by atoms with Crippen LogP contribution in [-0.4, -0.2) is 24.4 Å². The van der Waals surface area contributed by atoms with Gasteiger partial charge < -0.3 is 9.84 Å². The fraction of sp³-hybridized carbons (Fsp3) is 1.00. The molecule has 8 atom stereocenters. The molecule has 0 radical (unpaired) electrons. The highest BCUT2D eigenvalue weighted by molar-refractivity contribution is 5.10. The van der Waals surface area contributed by atoms with Gasteiger partial charge in [0.25, 0.3) is 0 Å².